The standard InChI is InChI=1S/C22H17N3O9S2.2Na/c1-10(26)24-11-6-7-14(16(8-11)35(29,30)31)25-15-9-17(36(32,33)34)20(23)19-18(15)21(27)12-4-2-3-5-13(12)22(19)28;;/h2-9,25H,23H2,1H3,(H,24,26)(H,29,30,31)(H,32,33,34);;/q;2*+1/p-2. The number of nitrogen functional groups attached to an aromatic ring is 1. The van der Waals surface area contributed by atoms with Crippen LogP contribution >= 0.6 is 0 Å². The van der Waals surface area contributed by atoms with Crippen LogP contribution in [0.5, 0.6) is 0 Å². The Labute approximate surface area is 261 Å². The van der Waals surface area contributed by atoms with Gasteiger partial charge in [0.25, 0.3) is 10.1 Å². The summed E-state index contributed by atoms with van der Waals surface area (Å²) >= 11 is 0. The normalized spacial score (nSPS) is 13.1. The summed E-state index contributed by atoms with van der Waals surface area (Å²) in [5, 5.41) is 13.8. The van der Waals surface area contributed by atoms with E-state index in [0.717, 1.165) is 25.1 Å². The number of ketones is 2. The Hall–Kier alpha value is -2.11. The maximum atomic E-state index is 13.3. The summed E-state index contributed by atoms with van der Waals surface area (Å²) in [5.41, 5.74) is 3.23. The van der Waals surface area contributed by atoms with E-state index in [0.29, 0.717) is 0 Å². The van der Waals surface area contributed by atoms with Gasteiger partial charge in [-0.25, -0.2) is 8.42 Å². The Kier molecular flexibility index (Phi) is 9.76. The first-order valence-corrected chi connectivity index (χ1v) is 12.8. The molecule has 4 rings (SSSR count). The second-order valence-corrected chi connectivity index (χ2v) is 10.4. The van der Waals surface area contributed by atoms with Gasteiger partial charge in [-0.2, -0.15) is 8.42 Å². The van der Waals surface area contributed by atoms with Crippen molar-refractivity contribution < 1.29 is 99.8 Å². The molecule has 0 bridgehead atoms. The zero-order chi connectivity index (χ0) is 26.6. The molecular weight excluding hydrogens is 560 g/mol. The van der Waals surface area contributed by atoms with Crippen LogP contribution in [0, 0.1) is 0 Å². The summed E-state index contributed by atoms with van der Waals surface area (Å²) in [7, 11) is -10.2. The van der Waals surface area contributed by atoms with Crippen LogP contribution in [0.25, 0.3) is 0 Å². The van der Waals surface area contributed by atoms with Crippen LogP contribution in [0.4, 0.5) is 22.7 Å². The number of aliphatic imine (C=N–C) groups is 1. The molecule has 0 fully saturated rings. The number of hydrogen-bond acceptors (Lipinski definition) is 11. The van der Waals surface area contributed by atoms with E-state index in [2.05, 4.69) is 10.3 Å². The van der Waals surface area contributed by atoms with Crippen LogP contribution in [0.15, 0.2) is 63.3 Å². The minimum atomic E-state index is -5.18. The minimum Gasteiger partial charge on any atom is -0.862 e. The monoisotopic (exact) mass is 575 g/mol. The first-order chi connectivity index (χ1) is 16.7. The molecule has 3 aromatic carbocycles. The van der Waals surface area contributed by atoms with Gasteiger partial charge in [-0.1, -0.05) is 24.3 Å². The molecule has 3 aromatic rings. The van der Waals surface area contributed by atoms with Crippen LogP contribution < -0.4 is 75.3 Å². The quantitative estimate of drug-likeness (QED) is 0.0675. The van der Waals surface area contributed by atoms with Gasteiger partial charge in [-0.05, 0) is 37.1 Å². The molecule has 38 heavy (non-hydrogen) atoms. The zero-order valence-electron chi connectivity index (χ0n) is 20.2. The molecule has 1 aliphatic rings. The Morgan fingerprint density at radius 1 is 0.895 bits per heavy atom. The number of anilines is 3. The Balaban J connectivity index is 0.00000253. The van der Waals surface area contributed by atoms with Gasteiger partial charge in [0.05, 0.1) is 38.8 Å². The smallest absolute Gasteiger partial charge is 0.862 e. The van der Waals surface area contributed by atoms with Gasteiger partial charge in [-0.3, -0.25) is 19.1 Å². The van der Waals surface area contributed by atoms with Crippen LogP contribution in [0.2, 0.25) is 0 Å². The Morgan fingerprint density at radius 2 is 1.45 bits per heavy atom. The van der Waals surface area contributed by atoms with Gasteiger partial charge < -0.3 is 20.7 Å². The summed E-state index contributed by atoms with van der Waals surface area (Å²) in [5.74, 6) is -2.22. The van der Waals surface area contributed by atoms with E-state index in [-0.39, 0.29) is 75.9 Å². The zero-order valence-corrected chi connectivity index (χ0v) is 25.8. The summed E-state index contributed by atoms with van der Waals surface area (Å²) < 4.78 is 69.5. The minimum absolute atomic E-state index is 0. The van der Waals surface area contributed by atoms with Crippen molar-refractivity contribution in [3.8, 4) is 0 Å². The van der Waals surface area contributed by atoms with Crippen LogP contribution in [0.1, 0.15) is 38.8 Å². The van der Waals surface area contributed by atoms with E-state index < -0.39 is 75.7 Å². The number of carbonyl (C=O) groups is 2. The van der Waals surface area contributed by atoms with E-state index in [1.807, 2.05) is 0 Å². The molecule has 12 nitrogen and oxygen atoms in total. The Bertz CT molecular complexity index is 1730. The van der Waals surface area contributed by atoms with Crippen molar-refractivity contribution in [2.24, 2.45) is 4.99 Å². The molecule has 4 N–H and O–H groups in total. The molecule has 0 aliphatic heterocycles. The fourth-order valence-electron chi connectivity index (χ4n) is 3.82. The summed E-state index contributed by atoms with van der Waals surface area (Å²) in [4.78, 5) is 28.3. The third-order valence-corrected chi connectivity index (χ3v) is 7.04. The van der Waals surface area contributed by atoms with Gasteiger partial charge >= 0.3 is 59.1 Å². The number of carbonyl (C=O) groups excluding carboxylic acids is 2. The number of hydrogen-bond donors (Lipinski definition) is 3. The number of nitrogens with zero attached hydrogens (tertiary/aromatic N) is 1. The molecule has 0 saturated heterocycles. The van der Waals surface area contributed by atoms with Gasteiger partial charge in [0.2, 0.25) is 0 Å². The predicted octanol–water partition coefficient (Wildman–Crippen LogP) is -4.64. The van der Waals surface area contributed by atoms with Crippen molar-refractivity contribution in [2.45, 2.75) is 16.7 Å². The van der Waals surface area contributed by atoms with Crippen molar-refractivity contribution >= 4 is 60.5 Å². The number of nitrogens with two attached hydrogens (primary N) is 1. The molecule has 0 atom stereocenters. The third kappa shape index (κ3) is 6.04. The maximum absolute atomic E-state index is 13.3. The van der Waals surface area contributed by atoms with Gasteiger partial charge in [0.15, 0.2) is 11.6 Å². The average molecular weight is 575 g/mol. The second kappa shape index (κ2) is 11.6. The molecule has 16 heteroatoms. The van der Waals surface area contributed by atoms with Crippen LogP contribution in [-0.2, 0) is 20.2 Å². The van der Waals surface area contributed by atoms with Gasteiger partial charge in [0, 0.05) is 11.1 Å². The molecule has 0 saturated carbocycles. The molecular formula is C22H15N3Na2O9S2. The summed E-state index contributed by atoms with van der Waals surface area (Å²) in [6, 6.07) is 9.48. The van der Waals surface area contributed by atoms with Crippen molar-refractivity contribution in [1.82, 2.24) is 0 Å². The van der Waals surface area contributed by atoms with Crippen molar-refractivity contribution in [3.63, 3.8) is 0 Å². The van der Waals surface area contributed by atoms with Crippen molar-refractivity contribution in [2.75, 3.05) is 11.1 Å². The van der Waals surface area contributed by atoms with Gasteiger partial charge in [0.1, 0.15) is 15.0 Å². The second-order valence-electron chi connectivity index (χ2n) is 7.66. The molecule has 0 radical (unpaired) electrons. The molecule has 0 unspecified atom stereocenters. The molecule has 0 aromatic heterocycles. The number of benzene rings is 3. The van der Waals surface area contributed by atoms with E-state index in [9.17, 15) is 40.6 Å². The fraction of sp³-hybridized carbons (Fsp3) is 0.0455. The molecule has 0 spiro atoms. The largest absolute Gasteiger partial charge is 1.00 e. The SMILES string of the molecule is CC([O-])=Nc1ccc(Nc2cc(S(=O)(=O)O)c(N)c3c2C(=O)c2ccccc2C3=O)c(S(=O)(=O)[O-])c1.[Na+].[Na+]. The van der Waals surface area contributed by atoms with Crippen molar-refractivity contribution in [1.29, 1.82) is 0 Å². The van der Waals surface area contributed by atoms with E-state index in [1.54, 1.807) is 0 Å². The first kappa shape index (κ1) is 32.1. The van der Waals surface area contributed by atoms with Gasteiger partial charge in [-0.15, -0.1) is 0 Å². The molecule has 0 amide bonds. The predicted molar refractivity (Wildman–Crippen MR) is 124 cm³/mol. The van der Waals surface area contributed by atoms with Crippen LogP contribution in [0.3, 0.4) is 0 Å². The Morgan fingerprint density at radius 3 is 1.95 bits per heavy atom. The topological polar surface area (TPSA) is 219 Å². The van der Waals surface area contributed by atoms with E-state index in [4.69, 9.17) is 5.73 Å². The van der Waals surface area contributed by atoms with E-state index >= 15 is 0 Å². The summed E-state index contributed by atoms with van der Waals surface area (Å²) in [6.45, 7) is 1.11. The maximum Gasteiger partial charge on any atom is 1.00 e. The first-order valence-electron chi connectivity index (χ1n) is 9.92. The average Bonchev–Trinajstić information content (AvgIpc) is 2.77. The van der Waals surface area contributed by atoms with Crippen molar-refractivity contribution in [3.05, 3.63) is 70.8 Å². The molecule has 1 aliphatic carbocycles. The van der Waals surface area contributed by atoms with Crippen LogP contribution in [-0.4, -0.2) is 43.4 Å². The third-order valence-electron chi connectivity index (χ3n) is 5.27. The number of nitrogens with one attached hydrogen (secondary N) is 1. The molecule has 0 heterocycles. The number of fused-ring (bicyclic) bond motifs is 2. The van der Waals surface area contributed by atoms with E-state index in [1.165, 1.54) is 30.3 Å². The number of rotatable bonds is 5. The fourth-order valence-corrected chi connectivity index (χ4v) is 5.12. The summed E-state index contributed by atoms with van der Waals surface area (Å²) in [6.07, 6.45) is 0. The molecule has 186 valence electrons.